The Balaban J connectivity index is 1.16. The van der Waals surface area contributed by atoms with Crippen LogP contribution < -0.4 is 15.5 Å². The summed E-state index contributed by atoms with van der Waals surface area (Å²) < 4.78 is 0. The van der Waals surface area contributed by atoms with Crippen LogP contribution in [0.15, 0.2) is 18.5 Å². The van der Waals surface area contributed by atoms with Crippen LogP contribution in [-0.4, -0.2) is 72.5 Å². The van der Waals surface area contributed by atoms with Gasteiger partial charge in [0, 0.05) is 57.5 Å². The molecular formula is C19H28N6O2. The number of anilines is 1. The van der Waals surface area contributed by atoms with Crippen molar-refractivity contribution in [3.63, 3.8) is 0 Å². The second-order valence-electron chi connectivity index (χ2n) is 7.83. The molecule has 1 aromatic rings. The molecule has 0 aromatic carbocycles. The maximum absolute atomic E-state index is 12.4. The lowest BCUT2D eigenvalue weighted by Gasteiger charge is -2.34. The molecule has 1 aliphatic carbocycles. The molecule has 0 radical (unpaired) electrons. The normalized spacial score (nSPS) is 23.9. The van der Waals surface area contributed by atoms with E-state index in [-0.39, 0.29) is 23.1 Å². The molecule has 1 atom stereocenters. The molecule has 1 aromatic heterocycles. The van der Waals surface area contributed by atoms with E-state index >= 15 is 0 Å². The zero-order chi connectivity index (χ0) is 18.7. The highest BCUT2D eigenvalue weighted by Gasteiger charge is 2.57. The molecule has 8 heteroatoms. The lowest BCUT2D eigenvalue weighted by Crippen LogP contribution is -2.49. The van der Waals surface area contributed by atoms with Crippen molar-refractivity contribution in [3.8, 4) is 0 Å². The Bertz CT molecular complexity index is 668. The Labute approximate surface area is 159 Å². The van der Waals surface area contributed by atoms with Crippen molar-refractivity contribution in [1.82, 2.24) is 25.5 Å². The van der Waals surface area contributed by atoms with Gasteiger partial charge in [-0.15, -0.1) is 0 Å². The second-order valence-corrected chi connectivity index (χ2v) is 7.83. The minimum Gasteiger partial charge on any atom is -0.355 e. The van der Waals surface area contributed by atoms with Crippen molar-refractivity contribution in [2.24, 2.45) is 11.3 Å². The molecule has 2 saturated heterocycles. The van der Waals surface area contributed by atoms with E-state index in [9.17, 15) is 9.59 Å². The van der Waals surface area contributed by atoms with E-state index < -0.39 is 0 Å². The van der Waals surface area contributed by atoms with Gasteiger partial charge >= 0.3 is 0 Å². The number of aromatic nitrogens is 2. The second kappa shape index (κ2) is 7.80. The summed E-state index contributed by atoms with van der Waals surface area (Å²) >= 11 is 0. The minimum atomic E-state index is 0.108. The molecule has 1 spiro atoms. The van der Waals surface area contributed by atoms with E-state index in [1.54, 1.807) is 18.5 Å². The third kappa shape index (κ3) is 4.05. The molecular weight excluding hydrogens is 344 g/mol. The molecule has 3 fully saturated rings. The molecule has 1 unspecified atom stereocenters. The van der Waals surface area contributed by atoms with Crippen molar-refractivity contribution in [3.05, 3.63) is 18.5 Å². The number of nitrogens with zero attached hydrogens (tertiary/aromatic N) is 4. The molecule has 2 N–H and O–H groups in total. The molecule has 27 heavy (non-hydrogen) atoms. The fraction of sp³-hybridized carbons (Fsp3) is 0.684. The Morgan fingerprint density at radius 3 is 2.56 bits per heavy atom. The Kier molecular flexibility index (Phi) is 5.24. The van der Waals surface area contributed by atoms with Gasteiger partial charge in [-0.25, -0.2) is 9.97 Å². The van der Waals surface area contributed by atoms with Crippen LogP contribution in [0.4, 0.5) is 5.95 Å². The smallest absolute Gasteiger partial charge is 0.225 e. The zero-order valence-corrected chi connectivity index (χ0v) is 15.7. The number of piperazine rings is 1. The van der Waals surface area contributed by atoms with Gasteiger partial charge in [0.25, 0.3) is 0 Å². The molecule has 2 amide bonds. The van der Waals surface area contributed by atoms with Gasteiger partial charge in [0.15, 0.2) is 0 Å². The molecule has 8 nitrogen and oxygen atoms in total. The van der Waals surface area contributed by atoms with E-state index in [1.165, 1.54) is 0 Å². The first-order valence-electron chi connectivity index (χ1n) is 9.96. The standard InChI is InChI=1S/C19H28N6O2/c26-16(24-10-12-25(13-11-24)18-22-5-1-6-23-18)2-7-21-17(27)15-14-19(15)3-8-20-9-4-19/h1,5-6,15,20H,2-4,7-14H2,(H,21,27). The summed E-state index contributed by atoms with van der Waals surface area (Å²) in [7, 11) is 0. The van der Waals surface area contributed by atoms with Gasteiger partial charge in [0.1, 0.15) is 0 Å². The fourth-order valence-corrected chi connectivity index (χ4v) is 4.38. The first kappa shape index (κ1) is 18.2. The van der Waals surface area contributed by atoms with Gasteiger partial charge in [-0.05, 0) is 43.8 Å². The summed E-state index contributed by atoms with van der Waals surface area (Å²) in [6, 6.07) is 1.80. The van der Waals surface area contributed by atoms with Crippen LogP contribution in [0.3, 0.4) is 0 Å². The number of carbonyl (C=O) groups excluding carboxylic acids is 2. The predicted molar refractivity (Wildman–Crippen MR) is 101 cm³/mol. The number of piperidine rings is 1. The fourth-order valence-electron chi connectivity index (χ4n) is 4.38. The maximum Gasteiger partial charge on any atom is 0.225 e. The van der Waals surface area contributed by atoms with Crippen LogP contribution in [0.2, 0.25) is 0 Å². The van der Waals surface area contributed by atoms with E-state index in [0.717, 1.165) is 45.4 Å². The minimum absolute atomic E-state index is 0.108. The van der Waals surface area contributed by atoms with Crippen LogP contribution >= 0.6 is 0 Å². The van der Waals surface area contributed by atoms with Gasteiger partial charge in [0.05, 0.1) is 0 Å². The van der Waals surface area contributed by atoms with Crippen molar-refractivity contribution in [2.45, 2.75) is 25.7 Å². The summed E-state index contributed by atoms with van der Waals surface area (Å²) in [5.41, 5.74) is 0.245. The largest absolute Gasteiger partial charge is 0.355 e. The summed E-state index contributed by atoms with van der Waals surface area (Å²) in [5, 5.41) is 6.34. The quantitative estimate of drug-likeness (QED) is 0.757. The number of nitrogens with one attached hydrogen (secondary N) is 2. The number of amides is 2. The number of hydrogen-bond donors (Lipinski definition) is 2. The highest BCUT2D eigenvalue weighted by molar-refractivity contribution is 5.83. The first-order valence-corrected chi connectivity index (χ1v) is 9.96. The molecule has 0 bridgehead atoms. The molecule has 3 aliphatic rings. The summed E-state index contributed by atoms with van der Waals surface area (Å²) in [5.74, 6) is 1.12. The van der Waals surface area contributed by atoms with Crippen molar-refractivity contribution >= 4 is 17.8 Å². The van der Waals surface area contributed by atoms with Gasteiger partial charge in [-0.2, -0.15) is 0 Å². The highest BCUT2D eigenvalue weighted by atomic mass is 16.2. The summed E-state index contributed by atoms with van der Waals surface area (Å²) in [4.78, 5) is 37.3. The van der Waals surface area contributed by atoms with Crippen molar-refractivity contribution in [1.29, 1.82) is 0 Å². The summed E-state index contributed by atoms with van der Waals surface area (Å²) in [6.07, 6.45) is 7.04. The summed E-state index contributed by atoms with van der Waals surface area (Å²) in [6.45, 7) is 5.28. The first-order chi connectivity index (χ1) is 13.2. The van der Waals surface area contributed by atoms with Crippen LogP contribution in [0.25, 0.3) is 0 Å². The molecule has 3 heterocycles. The van der Waals surface area contributed by atoms with Crippen LogP contribution in [-0.2, 0) is 9.59 Å². The van der Waals surface area contributed by atoms with E-state index in [1.807, 2.05) is 4.90 Å². The molecule has 4 rings (SSSR count). The Hall–Kier alpha value is -2.22. The Morgan fingerprint density at radius 1 is 1.15 bits per heavy atom. The highest BCUT2D eigenvalue weighted by Crippen LogP contribution is 2.58. The van der Waals surface area contributed by atoms with Gasteiger partial charge in [-0.3, -0.25) is 9.59 Å². The molecule has 1 saturated carbocycles. The monoisotopic (exact) mass is 372 g/mol. The van der Waals surface area contributed by atoms with Crippen molar-refractivity contribution in [2.75, 3.05) is 50.7 Å². The van der Waals surface area contributed by atoms with Crippen LogP contribution in [0, 0.1) is 11.3 Å². The predicted octanol–water partition coefficient (Wildman–Crippen LogP) is 0.0212. The lowest BCUT2D eigenvalue weighted by atomic mass is 9.92. The van der Waals surface area contributed by atoms with E-state index in [0.29, 0.717) is 32.0 Å². The molecule has 146 valence electrons. The lowest BCUT2D eigenvalue weighted by molar-refractivity contribution is -0.131. The number of hydrogen-bond acceptors (Lipinski definition) is 6. The third-order valence-corrected chi connectivity index (χ3v) is 6.21. The van der Waals surface area contributed by atoms with Crippen LogP contribution in [0.5, 0.6) is 0 Å². The average Bonchev–Trinajstić information content (AvgIpc) is 3.42. The SMILES string of the molecule is O=C(NCCC(=O)N1CCN(c2ncccn2)CC1)C1CC12CCNCC2. The zero-order valence-electron chi connectivity index (χ0n) is 15.7. The Morgan fingerprint density at radius 2 is 1.85 bits per heavy atom. The number of carbonyl (C=O) groups is 2. The number of rotatable bonds is 5. The average molecular weight is 372 g/mol. The van der Waals surface area contributed by atoms with E-state index in [2.05, 4.69) is 25.5 Å². The van der Waals surface area contributed by atoms with E-state index in [4.69, 9.17) is 0 Å². The maximum atomic E-state index is 12.4. The van der Waals surface area contributed by atoms with Crippen LogP contribution in [0.1, 0.15) is 25.7 Å². The van der Waals surface area contributed by atoms with Gasteiger partial charge in [-0.1, -0.05) is 0 Å². The van der Waals surface area contributed by atoms with Gasteiger partial charge in [0.2, 0.25) is 17.8 Å². The van der Waals surface area contributed by atoms with Crippen molar-refractivity contribution < 1.29 is 9.59 Å². The topological polar surface area (TPSA) is 90.5 Å². The molecule has 2 aliphatic heterocycles. The van der Waals surface area contributed by atoms with Gasteiger partial charge < -0.3 is 20.4 Å². The third-order valence-electron chi connectivity index (χ3n) is 6.21.